The van der Waals surface area contributed by atoms with E-state index in [0.717, 1.165) is 38.8 Å². The third kappa shape index (κ3) is 5.08. The molecule has 0 saturated carbocycles. The molecule has 3 nitrogen and oxygen atoms in total. The number of rotatable bonds is 7. The van der Waals surface area contributed by atoms with Gasteiger partial charge in [-0.3, -0.25) is 9.69 Å². The van der Waals surface area contributed by atoms with Gasteiger partial charge < -0.3 is 5.11 Å². The molecule has 1 atom stereocenters. The summed E-state index contributed by atoms with van der Waals surface area (Å²) in [5.41, 5.74) is 0. The minimum absolute atomic E-state index is 0.302. The van der Waals surface area contributed by atoms with E-state index in [1.807, 2.05) is 0 Å². The Morgan fingerprint density at radius 1 is 1.31 bits per heavy atom. The summed E-state index contributed by atoms with van der Waals surface area (Å²) in [6, 6.07) is 0.486. The number of hydrogen-bond acceptors (Lipinski definition) is 3. The zero-order valence-electron chi connectivity index (χ0n) is 10.5. The van der Waals surface area contributed by atoms with Gasteiger partial charge in [0.05, 0.1) is 0 Å². The summed E-state index contributed by atoms with van der Waals surface area (Å²) in [5, 5.41) is 8.72. The number of ketones is 1. The maximum Gasteiger partial charge on any atom is 0.131 e. The highest BCUT2D eigenvalue weighted by Crippen LogP contribution is 2.20. The van der Waals surface area contributed by atoms with Crippen LogP contribution in [0.2, 0.25) is 0 Å². The van der Waals surface area contributed by atoms with Crippen molar-refractivity contribution in [2.75, 3.05) is 19.7 Å². The Morgan fingerprint density at radius 3 is 2.81 bits per heavy atom. The molecule has 0 aliphatic carbocycles. The lowest BCUT2D eigenvalue weighted by Crippen LogP contribution is -2.41. The molecular formula is C13H25NO2. The number of piperidine rings is 1. The molecule has 0 aromatic carbocycles. The molecule has 1 aliphatic heterocycles. The highest BCUT2D eigenvalue weighted by Gasteiger charge is 2.22. The van der Waals surface area contributed by atoms with Crippen molar-refractivity contribution in [1.82, 2.24) is 4.90 Å². The lowest BCUT2D eigenvalue weighted by Gasteiger charge is -2.35. The van der Waals surface area contributed by atoms with Gasteiger partial charge in [-0.05, 0) is 52.1 Å². The third-order valence-corrected chi connectivity index (χ3v) is 3.38. The predicted molar refractivity (Wildman–Crippen MR) is 65.4 cm³/mol. The third-order valence-electron chi connectivity index (χ3n) is 3.38. The normalized spacial score (nSPS) is 22.2. The Bertz CT molecular complexity index is 206. The molecule has 1 unspecified atom stereocenters. The topological polar surface area (TPSA) is 40.5 Å². The standard InChI is InChI=1S/C13H25NO2/c1-12(16)11-13-7-3-5-9-14(13)8-4-2-6-10-15/h13,15H,2-11H2,1H3. The van der Waals surface area contributed by atoms with Crippen LogP contribution in [0.25, 0.3) is 0 Å². The van der Waals surface area contributed by atoms with Gasteiger partial charge in [-0.2, -0.15) is 0 Å². The molecule has 16 heavy (non-hydrogen) atoms. The summed E-state index contributed by atoms with van der Waals surface area (Å²) in [6.45, 7) is 4.24. The Balaban J connectivity index is 2.26. The molecule has 1 aliphatic rings. The van der Waals surface area contributed by atoms with Crippen molar-refractivity contribution in [2.45, 2.75) is 57.9 Å². The fourth-order valence-corrected chi connectivity index (χ4v) is 2.52. The molecule has 1 saturated heterocycles. The fourth-order valence-electron chi connectivity index (χ4n) is 2.52. The molecule has 1 fully saturated rings. The minimum atomic E-state index is 0.302. The van der Waals surface area contributed by atoms with Crippen molar-refractivity contribution in [3.05, 3.63) is 0 Å². The number of Topliss-reactive ketones (excluding diaryl/α,β-unsaturated/α-hetero) is 1. The monoisotopic (exact) mass is 227 g/mol. The van der Waals surface area contributed by atoms with Gasteiger partial charge in [0.15, 0.2) is 0 Å². The van der Waals surface area contributed by atoms with Gasteiger partial charge in [-0.15, -0.1) is 0 Å². The molecule has 1 N–H and O–H groups in total. The number of nitrogens with zero attached hydrogens (tertiary/aromatic N) is 1. The van der Waals surface area contributed by atoms with Gasteiger partial charge >= 0.3 is 0 Å². The molecular weight excluding hydrogens is 202 g/mol. The lowest BCUT2D eigenvalue weighted by atomic mass is 9.97. The van der Waals surface area contributed by atoms with E-state index in [1.54, 1.807) is 6.92 Å². The van der Waals surface area contributed by atoms with Crippen LogP contribution < -0.4 is 0 Å². The minimum Gasteiger partial charge on any atom is -0.396 e. The smallest absolute Gasteiger partial charge is 0.131 e. The van der Waals surface area contributed by atoms with Gasteiger partial charge in [0, 0.05) is 19.1 Å². The first-order valence-electron chi connectivity index (χ1n) is 6.58. The Morgan fingerprint density at radius 2 is 2.12 bits per heavy atom. The van der Waals surface area contributed by atoms with Gasteiger partial charge in [-0.1, -0.05) is 6.42 Å². The van der Waals surface area contributed by atoms with Gasteiger partial charge in [0.25, 0.3) is 0 Å². The van der Waals surface area contributed by atoms with Crippen LogP contribution in [0.5, 0.6) is 0 Å². The number of carbonyl (C=O) groups excluding carboxylic acids is 1. The van der Waals surface area contributed by atoms with Crippen molar-refractivity contribution < 1.29 is 9.90 Å². The molecule has 0 radical (unpaired) electrons. The SMILES string of the molecule is CC(=O)CC1CCCCN1CCCCCO. The van der Waals surface area contributed by atoms with E-state index in [1.165, 1.54) is 19.3 Å². The van der Waals surface area contributed by atoms with E-state index in [-0.39, 0.29) is 0 Å². The maximum absolute atomic E-state index is 11.2. The predicted octanol–water partition coefficient (Wildman–Crippen LogP) is 1.98. The molecule has 0 spiro atoms. The Labute approximate surface area is 98.8 Å². The molecule has 3 heteroatoms. The van der Waals surface area contributed by atoms with Crippen LogP contribution in [0, 0.1) is 0 Å². The van der Waals surface area contributed by atoms with Crippen LogP contribution in [-0.4, -0.2) is 41.5 Å². The number of aliphatic hydroxyl groups excluding tert-OH is 1. The van der Waals surface area contributed by atoms with Crippen molar-refractivity contribution in [3.8, 4) is 0 Å². The molecule has 0 bridgehead atoms. The van der Waals surface area contributed by atoms with Crippen LogP contribution in [-0.2, 0) is 4.79 Å². The summed E-state index contributed by atoms with van der Waals surface area (Å²) in [4.78, 5) is 13.6. The molecule has 1 rings (SSSR count). The molecule has 94 valence electrons. The van der Waals surface area contributed by atoms with Crippen LogP contribution in [0.3, 0.4) is 0 Å². The zero-order chi connectivity index (χ0) is 11.8. The van der Waals surface area contributed by atoms with E-state index in [4.69, 9.17) is 5.11 Å². The Kier molecular flexibility index (Phi) is 6.65. The molecule has 0 aromatic heterocycles. The molecule has 0 aromatic rings. The first-order chi connectivity index (χ1) is 7.74. The van der Waals surface area contributed by atoms with Crippen molar-refractivity contribution in [3.63, 3.8) is 0 Å². The highest BCUT2D eigenvalue weighted by atomic mass is 16.2. The van der Waals surface area contributed by atoms with Gasteiger partial charge in [0.1, 0.15) is 5.78 Å². The number of aliphatic hydroxyl groups is 1. The largest absolute Gasteiger partial charge is 0.396 e. The van der Waals surface area contributed by atoms with Crippen molar-refractivity contribution in [2.24, 2.45) is 0 Å². The first-order valence-corrected chi connectivity index (χ1v) is 6.58. The van der Waals surface area contributed by atoms with E-state index < -0.39 is 0 Å². The number of hydrogen-bond donors (Lipinski definition) is 1. The van der Waals surface area contributed by atoms with E-state index in [2.05, 4.69) is 4.90 Å². The highest BCUT2D eigenvalue weighted by molar-refractivity contribution is 5.76. The fraction of sp³-hybridized carbons (Fsp3) is 0.923. The summed E-state index contributed by atoms with van der Waals surface area (Å²) < 4.78 is 0. The zero-order valence-corrected chi connectivity index (χ0v) is 10.5. The second kappa shape index (κ2) is 7.80. The van der Waals surface area contributed by atoms with Gasteiger partial charge in [-0.25, -0.2) is 0 Å². The summed E-state index contributed by atoms with van der Waals surface area (Å²) in [6.07, 6.45) is 7.60. The van der Waals surface area contributed by atoms with Crippen LogP contribution in [0.4, 0.5) is 0 Å². The summed E-state index contributed by atoms with van der Waals surface area (Å²) >= 11 is 0. The van der Waals surface area contributed by atoms with Crippen LogP contribution in [0.15, 0.2) is 0 Å². The maximum atomic E-state index is 11.2. The Hall–Kier alpha value is -0.410. The van der Waals surface area contributed by atoms with E-state index in [9.17, 15) is 4.79 Å². The quantitative estimate of drug-likeness (QED) is 0.676. The van der Waals surface area contributed by atoms with Gasteiger partial charge in [0.2, 0.25) is 0 Å². The second-order valence-corrected chi connectivity index (χ2v) is 4.88. The second-order valence-electron chi connectivity index (χ2n) is 4.88. The molecule has 1 heterocycles. The van der Waals surface area contributed by atoms with Crippen LogP contribution >= 0.6 is 0 Å². The average Bonchev–Trinajstić information content (AvgIpc) is 2.26. The summed E-state index contributed by atoms with van der Waals surface area (Å²) in [7, 11) is 0. The summed E-state index contributed by atoms with van der Waals surface area (Å²) in [5.74, 6) is 0.312. The number of likely N-dealkylation sites (tertiary alicyclic amines) is 1. The van der Waals surface area contributed by atoms with Crippen molar-refractivity contribution in [1.29, 1.82) is 0 Å². The average molecular weight is 227 g/mol. The lowest BCUT2D eigenvalue weighted by molar-refractivity contribution is -0.118. The van der Waals surface area contributed by atoms with E-state index >= 15 is 0 Å². The van der Waals surface area contributed by atoms with Crippen LogP contribution in [0.1, 0.15) is 51.9 Å². The molecule has 0 amide bonds. The van der Waals surface area contributed by atoms with Crippen molar-refractivity contribution >= 4 is 5.78 Å². The number of carbonyl (C=O) groups is 1. The van der Waals surface area contributed by atoms with E-state index in [0.29, 0.717) is 18.4 Å². The number of unbranched alkanes of at least 4 members (excludes halogenated alkanes) is 2. The first kappa shape index (κ1) is 13.7.